The fraction of sp³-hybridized carbons (Fsp3) is 0.500. The van der Waals surface area contributed by atoms with Gasteiger partial charge in [-0.05, 0) is 30.9 Å². The van der Waals surface area contributed by atoms with E-state index in [9.17, 15) is 9.90 Å². The van der Waals surface area contributed by atoms with Crippen LogP contribution >= 0.6 is 0 Å². The van der Waals surface area contributed by atoms with Crippen molar-refractivity contribution in [2.24, 2.45) is 11.8 Å². The molecule has 0 aromatic carbocycles. The Morgan fingerprint density at radius 2 is 2.14 bits per heavy atom. The van der Waals surface area contributed by atoms with E-state index >= 15 is 0 Å². The number of pyridine rings is 1. The third-order valence-corrected chi connectivity index (χ3v) is 3.45. The normalized spacial score (nSPS) is 13.0. The van der Waals surface area contributed by atoms with E-state index < -0.39 is 5.97 Å². The van der Waals surface area contributed by atoms with Gasteiger partial charge >= 0.3 is 5.97 Å². The number of carboxylic acid groups (broad SMARTS) is 1. The molecule has 0 aliphatic rings. The van der Waals surface area contributed by atoms with E-state index in [0.717, 1.165) is 11.3 Å². The average molecular weight is 289 g/mol. The lowest BCUT2D eigenvalue weighted by molar-refractivity contribution is -0.142. The minimum Gasteiger partial charge on any atom is -0.481 e. The minimum absolute atomic E-state index is 0.343. The predicted octanol–water partition coefficient (Wildman–Crippen LogP) is 2.48. The molecule has 0 bridgehead atoms. The third-order valence-electron chi connectivity index (χ3n) is 3.45. The number of hydrogen-bond acceptors (Lipinski definition) is 3. The van der Waals surface area contributed by atoms with E-state index in [1.54, 1.807) is 0 Å². The highest BCUT2D eigenvalue weighted by Crippen LogP contribution is 2.12. The number of hydrogen-bond donors (Lipinski definition) is 2. The van der Waals surface area contributed by atoms with Gasteiger partial charge in [-0.25, -0.2) is 4.98 Å². The van der Waals surface area contributed by atoms with Crippen molar-refractivity contribution in [3.05, 3.63) is 35.8 Å². The van der Waals surface area contributed by atoms with E-state index in [4.69, 9.17) is 0 Å². The number of carboxylic acids is 1. The highest BCUT2D eigenvalue weighted by molar-refractivity contribution is 5.70. The van der Waals surface area contributed by atoms with Crippen LogP contribution in [0, 0.1) is 18.8 Å². The molecule has 0 spiro atoms. The number of aliphatic carboxylic acids is 1. The Kier molecular flexibility index (Phi) is 4.96. The lowest BCUT2D eigenvalue weighted by Gasteiger charge is -2.14. The highest BCUT2D eigenvalue weighted by atomic mass is 16.4. The summed E-state index contributed by atoms with van der Waals surface area (Å²) in [7, 11) is 0. The molecule has 0 fully saturated rings. The monoisotopic (exact) mass is 289 g/mol. The molecule has 0 amide bonds. The Hall–Kier alpha value is -1.88. The summed E-state index contributed by atoms with van der Waals surface area (Å²) >= 11 is 0. The van der Waals surface area contributed by atoms with Gasteiger partial charge in [-0.15, -0.1) is 0 Å². The van der Waals surface area contributed by atoms with Gasteiger partial charge in [0.1, 0.15) is 5.65 Å². The number of rotatable bonds is 7. The molecule has 0 radical (unpaired) electrons. The molecular formula is C16H23N3O2. The van der Waals surface area contributed by atoms with Crippen LogP contribution in [0.5, 0.6) is 0 Å². The van der Waals surface area contributed by atoms with Crippen molar-refractivity contribution >= 4 is 11.6 Å². The standard InChI is InChI=1S/C16H23N3O2/c1-11(2)6-13(16(20)21)7-17-8-14-10-19-9-12(3)4-5-15(19)18-14/h4-5,9-11,13,17H,6-8H2,1-3H3,(H,20,21). The number of carbonyl (C=O) groups is 1. The first-order valence-electron chi connectivity index (χ1n) is 7.33. The van der Waals surface area contributed by atoms with Gasteiger partial charge in [0, 0.05) is 25.5 Å². The van der Waals surface area contributed by atoms with E-state index in [2.05, 4.69) is 10.3 Å². The maximum atomic E-state index is 11.2. The first-order valence-corrected chi connectivity index (χ1v) is 7.33. The Bertz CT molecular complexity index is 619. The van der Waals surface area contributed by atoms with E-state index in [1.165, 1.54) is 5.56 Å². The number of aromatic nitrogens is 2. The lowest BCUT2D eigenvalue weighted by Crippen LogP contribution is -2.29. The topological polar surface area (TPSA) is 66.6 Å². The molecule has 2 aromatic rings. The second-order valence-electron chi connectivity index (χ2n) is 6.00. The molecular weight excluding hydrogens is 266 g/mol. The lowest BCUT2D eigenvalue weighted by atomic mass is 9.97. The van der Waals surface area contributed by atoms with Gasteiger partial charge in [0.15, 0.2) is 0 Å². The number of fused-ring (bicyclic) bond motifs is 1. The Balaban J connectivity index is 1.93. The Morgan fingerprint density at radius 3 is 2.81 bits per heavy atom. The van der Waals surface area contributed by atoms with Crippen molar-refractivity contribution in [3.8, 4) is 0 Å². The Labute approximate surface area is 125 Å². The maximum absolute atomic E-state index is 11.2. The average Bonchev–Trinajstić information content (AvgIpc) is 2.78. The first-order chi connectivity index (χ1) is 9.95. The van der Waals surface area contributed by atoms with Gasteiger partial charge in [0.05, 0.1) is 11.6 Å². The zero-order valence-electron chi connectivity index (χ0n) is 12.8. The van der Waals surface area contributed by atoms with E-state index in [-0.39, 0.29) is 5.92 Å². The van der Waals surface area contributed by atoms with Crippen molar-refractivity contribution in [1.29, 1.82) is 0 Å². The Morgan fingerprint density at radius 1 is 1.38 bits per heavy atom. The van der Waals surface area contributed by atoms with Crippen LogP contribution in [0.1, 0.15) is 31.5 Å². The van der Waals surface area contributed by atoms with Crippen molar-refractivity contribution in [3.63, 3.8) is 0 Å². The molecule has 0 saturated heterocycles. The molecule has 21 heavy (non-hydrogen) atoms. The van der Waals surface area contributed by atoms with Gasteiger partial charge in [0.2, 0.25) is 0 Å². The molecule has 2 aromatic heterocycles. The molecule has 2 rings (SSSR count). The summed E-state index contributed by atoms with van der Waals surface area (Å²) in [5, 5.41) is 12.4. The quantitative estimate of drug-likeness (QED) is 0.822. The molecule has 2 heterocycles. The molecule has 5 nitrogen and oxygen atoms in total. The molecule has 0 aliphatic heterocycles. The summed E-state index contributed by atoms with van der Waals surface area (Å²) in [6.07, 6.45) is 4.70. The summed E-state index contributed by atoms with van der Waals surface area (Å²) < 4.78 is 2.00. The van der Waals surface area contributed by atoms with Crippen molar-refractivity contribution < 1.29 is 9.90 Å². The summed E-state index contributed by atoms with van der Waals surface area (Å²) in [5.41, 5.74) is 3.02. The van der Waals surface area contributed by atoms with Gasteiger partial charge < -0.3 is 14.8 Å². The summed E-state index contributed by atoms with van der Waals surface area (Å²) in [6.45, 7) is 7.19. The van der Waals surface area contributed by atoms with Crippen LogP contribution in [0.15, 0.2) is 24.5 Å². The van der Waals surface area contributed by atoms with Crippen molar-refractivity contribution in [2.45, 2.75) is 33.7 Å². The fourth-order valence-electron chi connectivity index (χ4n) is 2.46. The van der Waals surface area contributed by atoms with Crippen molar-refractivity contribution in [1.82, 2.24) is 14.7 Å². The molecule has 5 heteroatoms. The summed E-state index contributed by atoms with van der Waals surface area (Å²) in [6, 6.07) is 4.01. The van der Waals surface area contributed by atoms with Gasteiger partial charge in [-0.1, -0.05) is 19.9 Å². The number of aryl methyl sites for hydroxylation is 1. The zero-order chi connectivity index (χ0) is 15.4. The smallest absolute Gasteiger partial charge is 0.307 e. The van der Waals surface area contributed by atoms with E-state index in [1.807, 2.05) is 49.7 Å². The second kappa shape index (κ2) is 6.72. The predicted molar refractivity (Wildman–Crippen MR) is 82.2 cm³/mol. The minimum atomic E-state index is -0.734. The van der Waals surface area contributed by atoms with Crippen LogP contribution in [0.25, 0.3) is 5.65 Å². The van der Waals surface area contributed by atoms with Crippen LogP contribution in [0.2, 0.25) is 0 Å². The van der Waals surface area contributed by atoms with Crippen LogP contribution in [0.4, 0.5) is 0 Å². The van der Waals surface area contributed by atoms with E-state index in [0.29, 0.717) is 25.4 Å². The second-order valence-corrected chi connectivity index (χ2v) is 6.00. The fourth-order valence-corrected chi connectivity index (χ4v) is 2.46. The number of imidazole rings is 1. The molecule has 1 atom stereocenters. The van der Waals surface area contributed by atoms with Crippen LogP contribution in [0.3, 0.4) is 0 Å². The zero-order valence-corrected chi connectivity index (χ0v) is 12.8. The van der Waals surface area contributed by atoms with Crippen molar-refractivity contribution in [2.75, 3.05) is 6.54 Å². The molecule has 2 N–H and O–H groups in total. The third kappa shape index (κ3) is 4.29. The maximum Gasteiger partial charge on any atom is 0.307 e. The van der Waals surface area contributed by atoms with Crippen LogP contribution < -0.4 is 5.32 Å². The van der Waals surface area contributed by atoms with Crippen LogP contribution in [-0.2, 0) is 11.3 Å². The van der Waals surface area contributed by atoms with Gasteiger partial charge in [-0.2, -0.15) is 0 Å². The molecule has 0 saturated carbocycles. The first kappa shape index (κ1) is 15.5. The number of nitrogens with one attached hydrogen (secondary N) is 1. The molecule has 0 aliphatic carbocycles. The SMILES string of the molecule is Cc1ccc2nc(CNCC(CC(C)C)C(=O)O)cn2c1. The largest absolute Gasteiger partial charge is 0.481 e. The van der Waals surface area contributed by atoms with Gasteiger partial charge in [0.25, 0.3) is 0 Å². The molecule has 1 unspecified atom stereocenters. The highest BCUT2D eigenvalue weighted by Gasteiger charge is 2.18. The van der Waals surface area contributed by atoms with Crippen LogP contribution in [-0.4, -0.2) is 27.0 Å². The summed E-state index contributed by atoms with van der Waals surface area (Å²) in [4.78, 5) is 15.7. The number of nitrogens with zero attached hydrogens (tertiary/aromatic N) is 2. The summed E-state index contributed by atoms with van der Waals surface area (Å²) in [5.74, 6) is -0.697. The van der Waals surface area contributed by atoms with Gasteiger partial charge in [-0.3, -0.25) is 4.79 Å². The molecule has 114 valence electrons.